The third-order valence-electron chi connectivity index (χ3n) is 5.41. The van der Waals surface area contributed by atoms with Crippen LogP contribution in [-0.2, 0) is 26.2 Å². The second-order valence-corrected chi connectivity index (χ2v) is 9.58. The van der Waals surface area contributed by atoms with Gasteiger partial charge in [-0.25, -0.2) is 8.42 Å². The SMILES string of the molecule is COc1ccc(CNC(=O)[C@H]2CN(C(=O)CS)CCN2S(=O)(=O)c2ccc(OC)cc2)cc1. The second kappa shape index (κ2) is 10.9. The molecule has 0 unspecified atom stereocenters. The molecule has 1 N–H and O–H groups in total. The van der Waals surface area contributed by atoms with Crippen molar-refractivity contribution in [2.24, 2.45) is 0 Å². The van der Waals surface area contributed by atoms with Crippen LogP contribution in [0, 0.1) is 0 Å². The first-order chi connectivity index (χ1) is 15.8. The van der Waals surface area contributed by atoms with Crippen molar-refractivity contribution in [3.05, 3.63) is 54.1 Å². The molecule has 1 aliphatic heterocycles. The first-order valence-electron chi connectivity index (χ1n) is 10.3. The Kier molecular flexibility index (Phi) is 8.22. The molecule has 9 nitrogen and oxygen atoms in total. The molecule has 0 saturated carbocycles. The molecule has 2 amide bonds. The van der Waals surface area contributed by atoms with E-state index in [1.165, 1.54) is 24.1 Å². The number of rotatable bonds is 8. The van der Waals surface area contributed by atoms with E-state index in [1.54, 1.807) is 31.4 Å². The highest BCUT2D eigenvalue weighted by Gasteiger charge is 2.41. The van der Waals surface area contributed by atoms with Gasteiger partial charge in [-0.15, -0.1) is 0 Å². The van der Waals surface area contributed by atoms with Crippen LogP contribution in [0.1, 0.15) is 5.56 Å². The van der Waals surface area contributed by atoms with Gasteiger partial charge in [-0.3, -0.25) is 9.59 Å². The summed E-state index contributed by atoms with van der Waals surface area (Å²) in [5.74, 6) is 0.445. The number of sulfonamides is 1. The predicted molar refractivity (Wildman–Crippen MR) is 126 cm³/mol. The van der Waals surface area contributed by atoms with Crippen molar-refractivity contribution in [3.8, 4) is 11.5 Å². The van der Waals surface area contributed by atoms with Crippen LogP contribution in [0.15, 0.2) is 53.4 Å². The van der Waals surface area contributed by atoms with Crippen LogP contribution in [0.4, 0.5) is 0 Å². The Morgan fingerprint density at radius 3 is 2.12 bits per heavy atom. The topological polar surface area (TPSA) is 105 Å². The lowest BCUT2D eigenvalue weighted by atomic mass is 10.1. The standard InChI is InChI=1S/C22H27N3O6S2/c1-30-17-5-3-16(4-6-17)13-23-22(27)20-14-24(21(26)15-32)11-12-25(20)33(28,29)19-9-7-18(31-2)8-10-19/h3-10,20,32H,11-15H2,1-2H3,(H,23,27)/t20-/m1/s1. The fourth-order valence-corrected chi connectivity index (χ4v) is 5.30. The number of hydrogen-bond donors (Lipinski definition) is 2. The summed E-state index contributed by atoms with van der Waals surface area (Å²) in [7, 11) is -0.930. The normalized spacial score (nSPS) is 16.8. The van der Waals surface area contributed by atoms with Gasteiger partial charge in [-0.05, 0) is 42.0 Å². The average molecular weight is 494 g/mol. The minimum absolute atomic E-state index is 0.00545. The largest absolute Gasteiger partial charge is 0.497 e. The van der Waals surface area contributed by atoms with Gasteiger partial charge in [0.15, 0.2) is 0 Å². The van der Waals surface area contributed by atoms with Crippen molar-refractivity contribution in [2.75, 3.05) is 39.6 Å². The zero-order chi connectivity index (χ0) is 24.0. The lowest BCUT2D eigenvalue weighted by Gasteiger charge is -2.39. The third-order valence-corrected chi connectivity index (χ3v) is 7.61. The molecule has 1 aliphatic rings. The lowest BCUT2D eigenvalue weighted by molar-refractivity contribution is -0.134. The number of hydrogen-bond acceptors (Lipinski definition) is 7. The molecular weight excluding hydrogens is 466 g/mol. The van der Waals surface area contributed by atoms with E-state index in [1.807, 2.05) is 12.1 Å². The van der Waals surface area contributed by atoms with Gasteiger partial charge in [0, 0.05) is 26.2 Å². The van der Waals surface area contributed by atoms with Crippen molar-refractivity contribution >= 4 is 34.5 Å². The first-order valence-corrected chi connectivity index (χ1v) is 12.3. The monoisotopic (exact) mass is 493 g/mol. The Labute approximate surface area is 199 Å². The molecule has 0 spiro atoms. The molecule has 33 heavy (non-hydrogen) atoms. The van der Waals surface area contributed by atoms with Crippen molar-refractivity contribution in [1.82, 2.24) is 14.5 Å². The zero-order valence-corrected chi connectivity index (χ0v) is 20.1. The molecule has 1 atom stereocenters. The number of piperazine rings is 1. The van der Waals surface area contributed by atoms with E-state index in [2.05, 4.69) is 17.9 Å². The number of ether oxygens (including phenoxy) is 2. The van der Waals surface area contributed by atoms with Crippen molar-refractivity contribution in [3.63, 3.8) is 0 Å². The smallest absolute Gasteiger partial charge is 0.243 e. The van der Waals surface area contributed by atoms with Crippen molar-refractivity contribution < 1.29 is 27.5 Å². The summed E-state index contributed by atoms with van der Waals surface area (Å²) in [6, 6.07) is 12.1. The molecule has 1 heterocycles. The summed E-state index contributed by atoms with van der Waals surface area (Å²) in [5, 5.41) is 2.79. The van der Waals surface area contributed by atoms with E-state index in [-0.39, 0.29) is 42.7 Å². The van der Waals surface area contributed by atoms with Gasteiger partial charge in [-0.1, -0.05) is 12.1 Å². The number of amides is 2. The van der Waals surface area contributed by atoms with Crippen LogP contribution in [0.2, 0.25) is 0 Å². The predicted octanol–water partition coefficient (Wildman–Crippen LogP) is 1.15. The maximum absolute atomic E-state index is 13.4. The van der Waals surface area contributed by atoms with Crippen LogP contribution in [0.25, 0.3) is 0 Å². The summed E-state index contributed by atoms with van der Waals surface area (Å²) >= 11 is 4.02. The number of carbonyl (C=O) groups excluding carboxylic acids is 2. The van der Waals surface area contributed by atoms with E-state index in [9.17, 15) is 18.0 Å². The molecule has 1 saturated heterocycles. The number of thiol groups is 1. The Hall–Kier alpha value is -2.76. The molecule has 0 aliphatic carbocycles. The van der Waals surface area contributed by atoms with Gasteiger partial charge in [0.2, 0.25) is 21.8 Å². The van der Waals surface area contributed by atoms with Gasteiger partial charge >= 0.3 is 0 Å². The fourth-order valence-electron chi connectivity index (χ4n) is 3.53. The van der Waals surface area contributed by atoms with Crippen LogP contribution in [0.5, 0.6) is 11.5 Å². The Morgan fingerprint density at radius 1 is 1.00 bits per heavy atom. The lowest BCUT2D eigenvalue weighted by Crippen LogP contribution is -2.61. The molecule has 2 aromatic rings. The van der Waals surface area contributed by atoms with Gasteiger partial charge in [0.25, 0.3) is 0 Å². The molecule has 11 heteroatoms. The van der Waals surface area contributed by atoms with Gasteiger partial charge in [0.1, 0.15) is 17.5 Å². The Morgan fingerprint density at radius 2 is 1.58 bits per heavy atom. The fraction of sp³-hybridized carbons (Fsp3) is 0.364. The van der Waals surface area contributed by atoms with E-state index in [4.69, 9.17) is 9.47 Å². The summed E-state index contributed by atoms with van der Waals surface area (Å²) in [5.41, 5.74) is 0.827. The summed E-state index contributed by atoms with van der Waals surface area (Å²) in [4.78, 5) is 26.8. The van der Waals surface area contributed by atoms with Crippen LogP contribution < -0.4 is 14.8 Å². The summed E-state index contributed by atoms with van der Waals surface area (Å²) in [6.45, 7) is 0.324. The number of carbonyl (C=O) groups is 2. The first kappa shape index (κ1) is 24.9. The van der Waals surface area contributed by atoms with Crippen LogP contribution in [0.3, 0.4) is 0 Å². The van der Waals surface area contributed by atoms with Crippen LogP contribution in [-0.4, -0.2) is 75.1 Å². The van der Waals surface area contributed by atoms with Gasteiger partial charge in [-0.2, -0.15) is 16.9 Å². The summed E-state index contributed by atoms with van der Waals surface area (Å²) < 4.78 is 38.1. The molecule has 2 aromatic carbocycles. The molecule has 3 rings (SSSR count). The zero-order valence-electron chi connectivity index (χ0n) is 18.4. The van der Waals surface area contributed by atoms with E-state index in [0.717, 1.165) is 9.87 Å². The quantitative estimate of drug-likeness (QED) is 0.535. The van der Waals surface area contributed by atoms with E-state index >= 15 is 0 Å². The van der Waals surface area contributed by atoms with Gasteiger partial charge < -0.3 is 19.7 Å². The number of benzene rings is 2. The molecule has 1 fully saturated rings. The van der Waals surface area contributed by atoms with Crippen molar-refractivity contribution in [2.45, 2.75) is 17.5 Å². The molecule has 178 valence electrons. The highest BCUT2D eigenvalue weighted by Crippen LogP contribution is 2.24. The van der Waals surface area contributed by atoms with Gasteiger partial charge in [0.05, 0.1) is 24.9 Å². The van der Waals surface area contributed by atoms with Crippen LogP contribution >= 0.6 is 12.6 Å². The van der Waals surface area contributed by atoms with Crippen molar-refractivity contribution in [1.29, 1.82) is 0 Å². The number of methoxy groups -OCH3 is 2. The number of nitrogens with zero attached hydrogens (tertiary/aromatic N) is 2. The Bertz CT molecular complexity index is 1070. The van der Waals surface area contributed by atoms with E-state index in [0.29, 0.717) is 11.5 Å². The minimum Gasteiger partial charge on any atom is -0.497 e. The summed E-state index contributed by atoms with van der Waals surface area (Å²) in [6.07, 6.45) is 0. The molecular formula is C22H27N3O6S2. The van der Waals surface area contributed by atoms with E-state index < -0.39 is 22.0 Å². The third kappa shape index (κ3) is 5.79. The maximum Gasteiger partial charge on any atom is 0.243 e. The highest BCUT2D eigenvalue weighted by atomic mass is 32.2. The highest BCUT2D eigenvalue weighted by molar-refractivity contribution is 7.89. The maximum atomic E-state index is 13.4. The minimum atomic E-state index is -3.99. The molecule has 0 bridgehead atoms. The average Bonchev–Trinajstić information content (AvgIpc) is 2.86. The Balaban J connectivity index is 1.82. The second-order valence-electron chi connectivity index (χ2n) is 7.37. The molecule has 0 radical (unpaired) electrons. The molecule has 0 aromatic heterocycles. The number of nitrogens with one attached hydrogen (secondary N) is 1.